The second-order valence-electron chi connectivity index (χ2n) is 5.65. The Morgan fingerprint density at radius 2 is 2.16 bits per heavy atom. The highest BCUT2D eigenvalue weighted by molar-refractivity contribution is 9.10. The summed E-state index contributed by atoms with van der Waals surface area (Å²) in [6, 6.07) is 6.80. The highest BCUT2D eigenvalue weighted by Gasteiger charge is 2.45. The maximum atomic E-state index is 13.8. The van der Waals surface area contributed by atoms with E-state index in [0.29, 0.717) is 0 Å². The third kappa shape index (κ3) is 3.26. The molecule has 3 nitrogen and oxygen atoms in total. The van der Waals surface area contributed by atoms with Gasteiger partial charge in [-0.25, -0.2) is 9.18 Å². The van der Waals surface area contributed by atoms with Crippen LogP contribution in [-0.2, 0) is 4.74 Å². The number of hydrogen-bond donors (Lipinski definition) is 0. The molecule has 2 unspecified atom stereocenters. The zero-order valence-corrected chi connectivity index (χ0v) is 12.8. The first-order valence-electron chi connectivity index (χ1n) is 6.17. The Morgan fingerprint density at radius 1 is 1.47 bits per heavy atom. The molecule has 1 aliphatic rings. The zero-order valence-electron chi connectivity index (χ0n) is 11.2. The Kier molecular flexibility index (Phi) is 3.85. The predicted octanol–water partition coefficient (Wildman–Crippen LogP) is 4.08. The number of rotatable bonds is 1. The van der Waals surface area contributed by atoms with Crippen molar-refractivity contribution >= 4 is 22.0 Å². The average Bonchev–Trinajstić information content (AvgIpc) is 2.23. The summed E-state index contributed by atoms with van der Waals surface area (Å²) in [4.78, 5) is 13.4. The van der Waals surface area contributed by atoms with Crippen LogP contribution in [0.4, 0.5) is 9.18 Å². The Balaban J connectivity index is 2.14. The minimum Gasteiger partial charge on any atom is -0.444 e. The lowest BCUT2D eigenvalue weighted by Gasteiger charge is -2.44. The second-order valence-corrected chi connectivity index (χ2v) is 6.56. The van der Waals surface area contributed by atoms with Crippen molar-refractivity contribution in [2.24, 2.45) is 0 Å². The minimum absolute atomic E-state index is 0.0894. The van der Waals surface area contributed by atoms with Crippen molar-refractivity contribution in [2.75, 3.05) is 6.54 Å². The number of likely N-dealkylation sites (tertiary alicyclic amines) is 1. The zero-order chi connectivity index (χ0) is 14.2. The van der Waals surface area contributed by atoms with Gasteiger partial charge in [0.25, 0.3) is 0 Å². The molecule has 1 aromatic carbocycles. The van der Waals surface area contributed by atoms with Crippen molar-refractivity contribution in [3.8, 4) is 0 Å². The van der Waals surface area contributed by atoms with Crippen molar-refractivity contribution in [1.29, 1.82) is 0 Å². The molecule has 1 heterocycles. The summed E-state index contributed by atoms with van der Waals surface area (Å²) in [7, 11) is 0. The highest BCUT2D eigenvalue weighted by atomic mass is 79.9. The lowest BCUT2D eigenvalue weighted by molar-refractivity contribution is -0.0414. The molecule has 1 aliphatic heterocycles. The first kappa shape index (κ1) is 14.3. The summed E-state index contributed by atoms with van der Waals surface area (Å²) < 4.78 is 19.9. The quantitative estimate of drug-likeness (QED) is 0.776. The van der Waals surface area contributed by atoms with Crippen LogP contribution in [-0.4, -0.2) is 29.3 Å². The number of halogens is 2. The summed E-state index contributed by atoms with van der Waals surface area (Å²) in [5, 5.41) is 0. The fourth-order valence-electron chi connectivity index (χ4n) is 2.05. The molecule has 19 heavy (non-hydrogen) atoms. The third-order valence-corrected chi connectivity index (χ3v) is 3.36. The van der Waals surface area contributed by atoms with Crippen LogP contribution in [0, 0.1) is 0 Å². The van der Waals surface area contributed by atoms with Crippen LogP contribution >= 0.6 is 15.9 Å². The molecule has 0 bridgehead atoms. The molecule has 1 amide bonds. The Morgan fingerprint density at radius 3 is 2.68 bits per heavy atom. The van der Waals surface area contributed by atoms with E-state index in [2.05, 4.69) is 15.9 Å². The van der Waals surface area contributed by atoms with E-state index in [1.54, 1.807) is 20.8 Å². The van der Waals surface area contributed by atoms with E-state index in [1.165, 1.54) is 4.90 Å². The van der Waals surface area contributed by atoms with E-state index in [9.17, 15) is 9.18 Å². The number of ether oxygens (including phenoxy) is 1. The first-order valence-corrected chi connectivity index (χ1v) is 6.96. The fraction of sp³-hybridized carbons (Fsp3) is 0.500. The van der Waals surface area contributed by atoms with Crippen LogP contribution in [0.1, 0.15) is 32.4 Å². The van der Waals surface area contributed by atoms with Gasteiger partial charge in [0.2, 0.25) is 0 Å². The summed E-state index contributed by atoms with van der Waals surface area (Å²) >= 11 is 3.35. The molecule has 104 valence electrons. The van der Waals surface area contributed by atoms with Gasteiger partial charge in [-0.2, -0.15) is 0 Å². The van der Waals surface area contributed by atoms with Gasteiger partial charge in [-0.05, 0) is 38.5 Å². The van der Waals surface area contributed by atoms with Gasteiger partial charge in [-0.3, -0.25) is 4.90 Å². The number of carbonyl (C=O) groups excluding carboxylic acids is 1. The lowest BCUT2D eigenvalue weighted by atomic mass is 9.93. The van der Waals surface area contributed by atoms with E-state index in [0.717, 1.165) is 10.0 Å². The van der Waals surface area contributed by atoms with Crippen LogP contribution in [0.25, 0.3) is 0 Å². The Hall–Kier alpha value is -1.10. The van der Waals surface area contributed by atoms with Gasteiger partial charge in [-0.15, -0.1) is 0 Å². The Bertz CT molecular complexity index is 487. The highest BCUT2D eigenvalue weighted by Crippen LogP contribution is 2.37. The van der Waals surface area contributed by atoms with Crippen molar-refractivity contribution in [2.45, 2.75) is 38.6 Å². The normalized spacial score (nSPS) is 22.9. The number of hydrogen-bond acceptors (Lipinski definition) is 2. The molecule has 0 N–H and O–H groups in total. The van der Waals surface area contributed by atoms with Gasteiger partial charge >= 0.3 is 6.09 Å². The molecule has 0 spiro atoms. The smallest absolute Gasteiger partial charge is 0.411 e. The van der Waals surface area contributed by atoms with Gasteiger partial charge < -0.3 is 4.74 Å². The van der Waals surface area contributed by atoms with Gasteiger partial charge in [0.1, 0.15) is 11.8 Å². The minimum atomic E-state index is -1.04. The molecule has 2 rings (SSSR count). The van der Waals surface area contributed by atoms with Crippen molar-refractivity contribution in [1.82, 2.24) is 4.90 Å². The number of amides is 1. The van der Waals surface area contributed by atoms with Crippen molar-refractivity contribution < 1.29 is 13.9 Å². The average molecular weight is 330 g/mol. The molecular weight excluding hydrogens is 313 g/mol. The molecule has 1 fully saturated rings. The topological polar surface area (TPSA) is 29.5 Å². The SMILES string of the molecule is CC(C)(C)OC(=O)N1CC(F)C1c1cccc(Br)c1. The van der Waals surface area contributed by atoms with E-state index in [-0.39, 0.29) is 6.54 Å². The molecule has 0 radical (unpaired) electrons. The molecule has 1 saturated heterocycles. The van der Waals surface area contributed by atoms with Crippen molar-refractivity contribution in [3.63, 3.8) is 0 Å². The molecule has 0 saturated carbocycles. The van der Waals surface area contributed by atoms with Crippen LogP contribution in [0.15, 0.2) is 28.7 Å². The first-order chi connectivity index (χ1) is 8.78. The van der Waals surface area contributed by atoms with E-state index in [4.69, 9.17) is 4.74 Å². The Labute approximate surface area is 120 Å². The largest absolute Gasteiger partial charge is 0.444 e. The van der Waals surface area contributed by atoms with Crippen molar-refractivity contribution in [3.05, 3.63) is 34.3 Å². The maximum Gasteiger partial charge on any atom is 0.411 e. The molecule has 1 aromatic rings. The van der Waals surface area contributed by atoms with Crippen LogP contribution in [0.5, 0.6) is 0 Å². The standard InChI is InChI=1S/C14H17BrFNO2/c1-14(2,3)19-13(18)17-8-11(16)12(17)9-5-4-6-10(15)7-9/h4-7,11-12H,8H2,1-3H3. The summed E-state index contributed by atoms with van der Waals surface area (Å²) in [5.41, 5.74) is 0.208. The molecule has 5 heteroatoms. The predicted molar refractivity (Wildman–Crippen MR) is 74.7 cm³/mol. The van der Waals surface area contributed by atoms with E-state index < -0.39 is 23.9 Å². The van der Waals surface area contributed by atoms with Gasteiger partial charge in [0.15, 0.2) is 0 Å². The van der Waals surface area contributed by atoms with Gasteiger partial charge in [0.05, 0.1) is 12.6 Å². The molecular formula is C14H17BrFNO2. The van der Waals surface area contributed by atoms with Crippen LogP contribution < -0.4 is 0 Å². The van der Waals surface area contributed by atoms with Gasteiger partial charge in [0, 0.05) is 4.47 Å². The monoisotopic (exact) mass is 329 g/mol. The number of nitrogens with zero attached hydrogens (tertiary/aromatic N) is 1. The number of alkyl halides is 1. The summed E-state index contributed by atoms with van der Waals surface area (Å²) in [6.07, 6.45) is -1.51. The fourth-order valence-corrected chi connectivity index (χ4v) is 2.46. The third-order valence-electron chi connectivity index (χ3n) is 2.87. The second kappa shape index (κ2) is 5.12. The molecule has 0 aliphatic carbocycles. The van der Waals surface area contributed by atoms with Gasteiger partial charge in [-0.1, -0.05) is 28.1 Å². The number of benzene rings is 1. The summed E-state index contributed by atoms with van der Waals surface area (Å²) in [6.45, 7) is 5.48. The van der Waals surface area contributed by atoms with E-state index >= 15 is 0 Å². The van der Waals surface area contributed by atoms with Crippen LogP contribution in [0.3, 0.4) is 0 Å². The maximum absolute atomic E-state index is 13.8. The van der Waals surface area contributed by atoms with Crippen LogP contribution in [0.2, 0.25) is 0 Å². The van der Waals surface area contributed by atoms with E-state index in [1.807, 2.05) is 24.3 Å². The lowest BCUT2D eigenvalue weighted by Crippen LogP contribution is -2.55. The number of carbonyl (C=O) groups is 1. The molecule has 0 aromatic heterocycles. The summed E-state index contributed by atoms with van der Waals surface area (Å²) in [5.74, 6) is 0. The molecule has 2 atom stereocenters.